The second-order valence-electron chi connectivity index (χ2n) is 6.20. The molecule has 0 bridgehead atoms. The number of aryl methyl sites for hydroxylation is 1. The Bertz CT molecular complexity index is 707. The zero-order chi connectivity index (χ0) is 15.5. The lowest BCUT2D eigenvalue weighted by Crippen LogP contribution is -2.36. The second-order valence-corrected chi connectivity index (χ2v) is 6.20. The molecule has 1 atom stereocenters. The average Bonchev–Trinajstić information content (AvgIpc) is 2.54. The van der Waals surface area contributed by atoms with Gasteiger partial charge in [0.2, 0.25) is 0 Å². The summed E-state index contributed by atoms with van der Waals surface area (Å²) in [6.45, 7) is 4.99. The van der Waals surface area contributed by atoms with Crippen LogP contribution < -0.4 is 5.63 Å². The Morgan fingerprint density at radius 1 is 1.36 bits per heavy atom. The minimum Gasteiger partial charge on any atom is -0.423 e. The number of rotatable bonds is 4. The molecule has 1 aromatic carbocycles. The van der Waals surface area contributed by atoms with Gasteiger partial charge in [-0.2, -0.15) is 0 Å². The number of aliphatic hydroxyl groups excluding tert-OH is 1. The number of benzene rings is 1. The second kappa shape index (κ2) is 6.63. The molecule has 0 radical (unpaired) electrons. The van der Waals surface area contributed by atoms with Crippen molar-refractivity contribution in [3.05, 3.63) is 45.8 Å². The molecule has 2 aromatic rings. The van der Waals surface area contributed by atoms with Gasteiger partial charge in [-0.1, -0.05) is 19.1 Å². The van der Waals surface area contributed by atoms with Crippen LogP contribution >= 0.6 is 0 Å². The average molecular weight is 301 g/mol. The van der Waals surface area contributed by atoms with E-state index < -0.39 is 0 Å². The predicted octanol–water partition coefficient (Wildman–Crippen LogP) is 2.56. The fraction of sp³-hybridized carbons (Fsp3) is 0.500. The topological polar surface area (TPSA) is 53.7 Å². The summed E-state index contributed by atoms with van der Waals surface area (Å²) < 4.78 is 5.36. The van der Waals surface area contributed by atoms with Gasteiger partial charge in [-0.3, -0.25) is 4.90 Å². The van der Waals surface area contributed by atoms with E-state index in [2.05, 4.69) is 24.0 Å². The Balaban J connectivity index is 1.91. The van der Waals surface area contributed by atoms with Gasteiger partial charge in [0, 0.05) is 31.1 Å². The van der Waals surface area contributed by atoms with Gasteiger partial charge in [0.1, 0.15) is 5.58 Å². The van der Waals surface area contributed by atoms with Crippen LogP contribution in [0.3, 0.4) is 0 Å². The van der Waals surface area contributed by atoms with Crippen LogP contribution in [0.2, 0.25) is 0 Å². The molecular formula is C18H23NO3. The van der Waals surface area contributed by atoms with E-state index in [4.69, 9.17) is 4.42 Å². The molecule has 22 heavy (non-hydrogen) atoms. The highest BCUT2D eigenvalue weighted by atomic mass is 16.4. The molecule has 0 unspecified atom stereocenters. The van der Waals surface area contributed by atoms with Crippen LogP contribution in [0.5, 0.6) is 0 Å². The minimum absolute atomic E-state index is 0.244. The zero-order valence-electron chi connectivity index (χ0n) is 13.0. The number of hydrogen-bond donors (Lipinski definition) is 1. The molecule has 118 valence electrons. The Morgan fingerprint density at radius 2 is 2.23 bits per heavy atom. The largest absolute Gasteiger partial charge is 0.423 e. The molecule has 0 saturated carbocycles. The highest BCUT2D eigenvalue weighted by Crippen LogP contribution is 2.23. The molecule has 1 N–H and O–H groups in total. The number of piperidine rings is 1. The SMILES string of the molecule is CCc1ccc2c(CN3CCC[C@H](CO)C3)cc(=O)oc2c1. The predicted molar refractivity (Wildman–Crippen MR) is 86.9 cm³/mol. The van der Waals surface area contributed by atoms with E-state index in [0.717, 1.165) is 49.8 Å². The lowest BCUT2D eigenvalue weighted by Gasteiger charge is -2.31. The molecular weight excluding hydrogens is 278 g/mol. The van der Waals surface area contributed by atoms with E-state index in [1.165, 1.54) is 5.56 Å². The normalized spacial score (nSPS) is 19.6. The fourth-order valence-corrected chi connectivity index (χ4v) is 3.31. The summed E-state index contributed by atoms with van der Waals surface area (Å²) >= 11 is 0. The third-order valence-corrected chi connectivity index (χ3v) is 4.56. The van der Waals surface area contributed by atoms with Gasteiger partial charge in [-0.25, -0.2) is 4.79 Å². The highest BCUT2D eigenvalue weighted by Gasteiger charge is 2.20. The zero-order valence-corrected chi connectivity index (χ0v) is 13.0. The van der Waals surface area contributed by atoms with Crippen molar-refractivity contribution in [1.82, 2.24) is 4.90 Å². The van der Waals surface area contributed by atoms with Crippen molar-refractivity contribution in [1.29, 1.82) is 0 Å². The summed E-state index contributed by atoms with van der Waals surface area (Å²) in [5.41, 5.74) is 2.59. The third-order valence-electron chi connectivity index (χ3n) is 4.56. The smallest absolute Gasteiger partial charge is 0.336 e. The Morgan fingerprint density at radius 3 is 3.00 bits per heavy atom. The van der Waals surface area contributed by atoms with Gasteiger partial charge in [-0.05, 0) is 48.9 Å². The first-order valence-corrected chi connectivity index (χ1v) is 8.08. The van der Waals surface area contributed by atoms with E-state index in [-0.39, 0.29) is 12.2 Å². The first-order valence-electron chi connectivity index (χ1n) is 8.08. The summed E-state index contributed by atoms with van der Waals surface area (Å²) in [7, 11) is 0. The van der Waals surface area contributed by atoms with E-state index >= 15 is 0 Å². The molecule has 3 rings (SSSR count). The quantitative estimate of drug-likeness (QED) is 0.882. The van der Waals surface area contributed by atoms with Gasteiger partial charge < -0.3 is 9.52 Å². The van der Waals surface area contributed by atoms with E-state index in [1.54, 1.807) is 6.07 Å². The van der Waals surface area contributed by atoms with Crippen LogP contribution in [0.1, 0.15) is 30.9 Å². The van der Waals surface area contributed by atoms with E-state index in [1.807, 2.05) is 6.07 Å². The molecule has 1 saturated heterocycles. The van der Waals surface area contributed by atoms with Crippen molar-refractivity contribution in [3.63, 3.8) is 0 Å². The van der Waals surface area contributed by atoms with E-state index in [9.17, 15) is 9.90 Å². The molecule has 2 heterocycles. The van der Waals surface area contributed by atoms with Crippen molar-refractivity contribution in [2.75, 3.05) is 19.7 Å². The van der Waals surface area contributed by atoms with Crippen LogP contribution in [-0.4, -0.2) is 29.7 Å². The molecule has 0 aliphatic carbocycles. The lowest BCUT2D eigenvalue weighted by molar-refractivity contribution is 0.116. The number of likely N-dealkylation sites (tertiary alicyclic amines) is 1. The molecule has 1 aliphatic heterocycles. The maximum absolute atomic E-state index is 11.8. The van der Waals surface area contributed by atoms with Gasteiger partial charge in [0.05, 0.1) is 0 Å². The fourth-order valence-electron chi connectivity index (χ4n) is 3.31. The summed E-state index contributed by atoms with van der Waals surface area (Å²) in [4.78, 5) is 14.2. The highest BCUT2D eigenvalue weighted by molar-refractivity contribution is 5.80. The van der Waals surface area contributed by atoms with Crippen LogP contribution in [0.25, 0.3) is 11.0 Å². The molecule has 1 aliphatic rings. The number of aliphatic hydroxyl groups is 1. The summed E-state index contributed by atoms with van der Waals surface area (Å²) in [6, 6.07) is 7.72. The van der Waals surface area contributed by atoms with Crippen molar-refractivity contribution in [2.24, 2.45) is 5.92 Å². The summed E-state index contributed by atoms with van der Waals surface area (Å²) in [5.74, 6) is 0.354. The summed E-state index contributed by atoms with van der Waals surface area (Å²) in [6.07, 6.45) is 3.11. The number of hydrogen-bond acceptors (Lipinski definition) is 4. The minimum atomic E-state index is -0.286. The van der Waals surface area contributed by atoms with Crippen LogP contribution in [0.15, 0.2) is 33.5 Å². The first-order chi connectivity index (χ1) is 10.7. The number of nitrogens with zero attached hydrogens (tertiary/aromatic N) is 1. The molecule has 0 amide bonds. The van der Waals surface area contributed by atoms with Crippen molar-refractivity contribution in [3.8, 4) is 0 Å². The van der Waals surface area contributed by atoms with Crippen molar-refractivity contribution < 1.29 is 9.52 Å². The van der Waals surface area contributed by atoms with Crippen LogP contribution in [0.4, 0.5) is 0 Å². The molecule has 4 heteroatoms. The van der Waals surface area contributed by atoms with Crippen molar-refractivity contribution >= 4 is 11.0 Å². The van der Waals surface area contributed by atoms with Gasteiger partial charge in [0.25, 0.3) is 0 Å². The lowest BCUT2D eigenvalue weighted by atomic mass is 9.98. The van der Waals surface area contributed by atoms with Crippen molar-refractivity contribution in [2.45, 2.75) is 32.7 Å². The van der Waals surface area contributed by atoms with Crippen LogP contribution in [-0.2, 0) is 13.0 Å². The van der Waals surface area contributed by atoms with Gasteiger partial charge >= 0.3 is 5.63 Å². The number of fused-ring (bicyclic) bond motifs is 1. The Hall–Kier alpha value is -1.65. The molecule has 1 aromatic heterocycles. The third kappa shape index (κ3) is 3.23. The molecule has 4 nitrogen and oxygen atoms in total. The van der Waals surface area contributed by atoms with Gasteiger partial charge in [-0.15, -0.1) is 0 Å². The maximum Gasteiger partial charge on any atom is 0.336 e. The van der Waals surface area contributed by atoms with Gasteiger partial charge in [0.15, 0.2) is 0 Å². The standard InChI is InChI=1S/C18H23NO3/c1-2-13-5-6-16-15(9-18(21)22-17(16)8-13)11-19-7-3-4-14(10-19)12-20/h5-6,8-9,14,20H,2-4,7,10-12H2,1H3/t14-/m0/s1. The first kappa shape index (κ1) is 15.3. The molecule has 1 fully saturated rings. The van der Waals surface area contributed by atoms with Crippen LogP contribution in [0, 0.1) is 5.92 Å². The summed E-state index contributed by atoms with van der Waals surface area (Å²) in [5, 5.41) is 10.4. The molecule has 0 spiro atoms. The Kier molecular flexibility index (Phi) is 4.60. The monoisotopic (exact) mass is 301 g/mol. The van der Waals surface area contributed by atoms with E-state index in [0.29, 0.717) is 11.5 Å². The maximum atomic E-state index is 11.8. The Labute approximate surface area is 130 Å².